The van der Waals surface area contributed by atoms with Crippen LogP contribution in [-0.2, 0) is 0 Å². The van der Waals surface area contributed by atoms with E-state index in [1.807, 2.05) is 0 Å². The van der Waals surface area contributed by atoms with Gasteiger partial charge in [-0.3, -0.25) is 0 Å². The minimum atomic E-state index is 0.177. The number of nitrogens with zero attached hydrogens (tertiary/aromatic N) is 1. The lowest BCUT2D eigenvalue weighted by Crippen LogP contribution is -2.26. The summed E-state index contributed by atoms with van der Waals surface area (Å²) < 4.78 is 0. The SMILES string of the molecule is CCN(CCO)c1ccccc1Sc1ccc(C)cc1C. The van der Waals surface area contributed by atoms with Gasteiger partial charge in [0.15, 0.2) is 0 Å². The Kier molecular flexibility index (Phi) is 5.71. The topological polar surface area (TPSA) is 23.5 Å². The van der Waals surface area contributed by atoms with Crippen molar-refractivity contribution in [2.24, 2.45) is 0 Å². The molecule has 0 heterocycles. The van der Waals surface area contributed by atoms with Gasteiger partial charge in [-0.2, -0.15) is 0 Å². The summed E-state index contributed by atoms with van der Waals surface area (Å²) in [4.78, 5) is 4.74. The van der Waals surface area contributed by atoms with Crippen LogP contribution in [0.4, 0.5) is 5.69 Å². The summed E-state index contributed by atoms with van der Waals surface area (Å²) >= 11 is 1.80. The van der Waals surface area contributed by atoms with Crippen LogP contribution < -0.4 is 4.90 Å². The van der Waals surface area contributed by atoms with E-state index < -0.39 is 0 Å². The Morgan fingerprint density at radius 3 is 2.48 bits per heavy atom. The molecule has 1 N–H and O–H groups in total. The molecule has 0 radical (unpaired) electrons. The van der Waals surface area contributed by atoms with Gasteiger partial charge in [-0.1, -0.05) is 41.6 Å². The van der Waals surface area contributed by atoms with Crippen LogP contribution >= 0.6 is 11.8 Å². The number of aryl methyl sites for hydroxylation is 2. The first kappa shape index (κ1) is 15.9. The summed E-state index contributed by atoms with van der Waals surface area (Å²) in [5.74, 6) is 0. The maximum Gasteiger partial charge on any atom is 0.0606 e. The summed E-state index contributed by atoms with van der Waals surface area (Å²) in [5.41, 5.74) is 3.79. The van der Waals surface area contributed by atoms with Crippen molar-refractivity contribution in [2.75, 3.05) is 24.6 Å². The molecule has 0 aliphatic heterocycles. The molecule has 0 bridgehead atoms. The molecule has 0 aliphatic rings. The molecule has 0 spiro atoms. The first-order valence-corrected chi connectivity index (χ1v) is 8.17. The van der Waals surface area contributed by atoms with E-state index in [0.29, 0.717) is 6.54 Å². The van der Waals surface area contributed by atoms with Crippen LogP contribution in [0.5, 0.6) is 0 Å². The fourth-order valence-electron chi connectivity index (χ4n) is 2.41. The van der Waals surface area contributed by atoms with Crippen molar-refractivity contribution in [3.63, 3.8) is 0 Å². The van der Waals surface area contributed by atoms with Crippen molar-refractivity contribution in [2.45, 2.75) is 30.6 Å². The van der Waals surface area contributed by atoms with E-state index in [4.69, 9.17) is 0 Å². The second-order valence-electron chi connectivity index (χ2n) is 5.14. The molecule has 0 saturated carbocycles. The first-order chi connectivity index (χ1) is 10.2. The molecule has 2 nitrogen and oxygen atoms in total. The number of rotatable bonds is 6. The van der Waals surface area contributed by atoms with Gasteiger partial charge in [0, 0.05) is 22.9 Å². The molecule has 3 heteroatoms. The Labute approximate surface area is 131 Å². The molecule has 0 amide bonds. The van der Waals surface area contributed by atoms with E-state index >= 15 is 0 Å². The number of para-hydroxylation sites is 1. The van der Waals surface area contributed by atoms with Crippen LogP contribution in [0.3, 0.4) is 0 Å². The molecule has 0 unspecified atom stereocenters. The Morgan fingerprint density at radius 2 is 1.81 bits per heavy atom. The monoisotopic (exact) mass is 301 g/mol. The lowest BCUT2D eigenvalue weighted by molar-refractivity contribution is 0.302. The maximum absolute atomic E-state index is 9.24. The van der Waals surface area contributed by atoms with Gasteiger partial charge in [0.25, 0.3) is 0 Å². The number of aliphatic hydroxyl groups excluding tert-OH is 1. The molecular formula is C18H23NOS. The normalized spacial score (nSPS) is 10.7. The number of likely N-dealkylation sites (N-methyl/N-ethyl adjacent to an activating group) is 1. The van der Waals surface area contributed by atoms with Crippen LogP contribution in [0.15, 0.2) is 52.3 Å². The van der Waals surface area contributed by atoms with E-state index in [-0.39, 0.29) is 6.61 Å². The van der Waals surface area contributed by atoms with Crippen LogP contribution in [0.25, 0.3) is 0 Å². The Hall–Kier alpha value is -1.45. The molecule has 112 valence electrons. The van der Waals surface area contributed by atoms with Crippen molar-refractivity contribution < 1.29 is 5.11 Å². The van der Waals surface area contributed by atoms with Crippen LogP contribution in [0, 0.1) is 13.8 Å². The third-order valence-corrected chi connectivity index (χ3v) is 4.75. The summed E-state index contributed by atoms with van der Waals surface area (Å²) in [6.45, 7) is 8.13. The predicted octanol–water partition coefficient (Wildman–Crippen LogP) is 4.27. The highest BCUT2D eigenvalue weighted by Crippen LogP contribution is 2.36. The van der Waals surface area contributed by atoms with Gasteiger partial charge in [0.05, 0.1) is 12.3 Å². The fourth-order valence-corrected chi connectivity index (χ4v) is 3.45. The number of benzene rings is 2. The second kappa shape index (κ2) is 7.53. The zero-order valence-corrected chi connectivity index (χ0v) is 13.8. The summed E-state index contributed by atoms with van der Waals surface area (Å²) in [5, 5.41) is 9.24. The molecule has 0 aliphatic carbocycles. The van der Waals surface area contributed by atoms with Crippen LogP contribution in [-0.4, -0.2) is 24.8 Å². The average Bonchev–Trinajstić information content (AvgIpc) is 2.48. The van der Waals surface area contributed by atoms with Crippen LogP contribution in [0.2, 0.25) is 0 Å². The van der Waals surface area contributed by atoms with E-state index in [1.54, 1.807) is 11.8 Å². The molecule has 2 rings (SSSR count). The van der Waals surface area contributed by atoms with Gasteiger partial charge in [-0.25, -0.2) is 0 Å². The highest BCUT2D eigenvalue weighted by atomic mass is 32.2. The Balaban J connectivity index is 2.31. The summed E-state index contributed by atoms with van der Waals surface area (Å²) in [7, 11) is 0. The molecule has 0 atom stereocenters. The summed E-state index contributed by atoms with van der Waals surface area (Å²) in [6.07, 6.45) is 0. The number of hydrogen-bond donors (Lipinski definition) is 1. The first-order valence-electron chi connectivity index (χ1n) is 7.35. The largest absolute Gasteiger partial charge is 0.395 e. The Morgan fingerprint density at radius 1 is 1.05 bits per heavy atom. The van der Waals surface area contributed by atoms with Gasteiger partial charge in [-0.15, -0.1) is 0 Å². The molecule has 21 heavy (non-hydrogen) atoms. The van der Waals surface area contributed by atoms with Gasteiger partial charge in [-0.05, 0) is 44.5 Å². The average molecular weight is 301 g/mol. The quantitative estimate of drug-likeness (QED) is 0.861. The highest BCUT2D eigenvalue weighted by molar-refractivity contribution is 7.99. The van der Waals surface area contributed by atoms with Crippen molar-refractivity contribution >= 4 is 17.4 Å². The van der Waals surface area contributed by atoms with E-state index in [1.165, 1.54) is 26.6 Å². The zero-order valence-electron chi connectivity index (χ0n) is 13.0. The van der Waals surface area contributed by atoms with E-state index in [9.17, 15) is 5.11 Å². The number of aliphatic hydroxyl groups is 1. The predicted molar refractivity (Wildman–Crippen MR) is 91.5 cm³/mol. The van der Waals surface area contributed by atoms with Crippen molar-refractivity contribution in [1.29, 1.82) is 0 Å². The smallest absolute Gasteiger partial charge is 0.0606 e. The molecule has 2 aromatic carbocycles. The van der Waals surface area contributed by atoms with E-state index in [0.717, 1.165) is 6.54 Å². The van der Waals surface area contributed by atoms with Crippen molar-refractivity contribution in [1.82, 2.24) is 0 Å². The van der Waals surface area contributed by atoms with E-state index in [2.05, 4.69) is 68.1 Å². The molecule has 0 saturated heterocycles. The molecule has 0 fully saturated rings. The second-order valence-corrected chi connectivity index (χ2v) is 6.23. The minimum absolute atomic E-state index is 0.177. The van der Waals surface area contributed by atoms with Gasteiger partial charge in [0.2, 0.25) is 0 Å². The highest BCUT2D eigenvalue weighted by Gasteiger charge is 2.11. The Bertz CT molecular complexity index is 598. The standard InChI is InChI=1S/C18H23NOS/c1-4-19(11-12-20)16-7-5-6-8-18(16)21-17-10-9-14(2)13-15(17)3/h5-10,13,20H,4,11-12H2,1-3H3. The maximum atomic E-state index is 9.24. The van der Waals surface area contributed by atoms with Crippen molar-refractivity contribution in [3.8, 4) is 0 Å². The van der Waals surface area contributed by atoms with Gasteiger partial charge in [0.1, 0.15) is 0 Å². The molecule has 0 aromatic heterocycles. The number of hydrogen-bond acceptors (Lipinski definition) is 3. The van der Waals surface area contributed by atoms with Crippen molar-refractivity contribution in [3.05, 3.63) is 53.6 Å². The van der Waals surface area contributed by atoms with Gasteiger partial charge >= 0.3 is 0 Å². The summed E-state index contributed by atoms with van der Waals surface area (Å²) in [6, 6.07) is 15.0. The van der Waals surface area contributed by atoms with Crippen LogP contribution in [0.1, 0.15) is 18.1 Å². The lowest BCUT2D eigenvalue weighted by atomic mass is 10.2. The molecule has 2 aromatic rings. The lowest BCUT2D eigenvalue weighted by Gasteiger charge is -2.24. The number of anilines is 1. The fraction of sp³-hybridized carbons (Fsp3) is 0.333. The third kappa shape index (κ3) is 4.02. The third-order valence-electron chi connectivity index (χ3n) is 3.51. The molecular weight excluding hydrogens is 278 g/mol. The minimum Gasteiger partial charge on any atom is -0.395 e. The zero-order chi connectivity index (χ0) is 15.2. The van der Waals surface area contributed by atoms with Gasteiger partial charge < -0.3 is 10.0 Å².